The molecule has 0 saturated carbocycles. The summed E-state index contributed by atoms with van der Waals surface area (Å²) >= 11 is 5.93. The van der Waals surface area contributed by atoms with Gasteiger partial charge in [0.15, 0.2) is 0 Å². The summed E-state index contributed by atoms with van der Waals surface area (Å²) in [7, 11) is 1.63. The standard InChI is InChI=1S/C16H13ClO2/c1-19-16-8-3-12(4-9-16)2-5-13-10-15(17)7-6-14(13)11-18/h3-4,6-10,18H,11H2,1H3. The molecule has 2 aromatic rings. The summed E-state index contributed by atoms with van der Waals surface area (Å²) in [5.41, 5.74) is 2.39. The first-order chi connectivity index (χ1) is 9.22. The van der Waals surface area contributed by atoms with Crippen LogP contribution >= 0.6 is 11.6 Å². The van der Waals surface area contributed by atoms with Gasteiger partial charge in [-0.05, 0) is 42.0 Å². The maximum atomic E-state index is 9.25. The van der Waals surface area contributed by atoms with Gasteiger partial charge in [0.25, 0.3) is 0 Å². The zero-order chi connectivity index (χ0) is 13.7. The highest BCUT2D eigenvalue weighted by molar-refractivity contribution is 6.30. The normalized spacial score (nSPS) is 9.63. The Kier molecular flexibility index (Phi) is 4.46. The predicted octanol–water partition coefficient (Wildman–Crippen LogP) is 3.24. The highest BCUT2D eigenvalue weighted by Crippen LogP contribution is 2.16. The van der Waals surface area contributed by atoms with E-state index in [1.165, 1.54) is 0 Å². The Labute approximate surface area is 117 Å². The van der Waals surface area contributed by atoms with Crippen molar-refractivity contribution in [3.05, 3.63) is 64.2 Å². The Balaban J connectivity index is 2.30. The third kappa shape index (κ3) is 3.51. The largest absolute Gasteiger partial charge is 0.497 e. The van der Waals surface area contributed by atoms with Crippen molar-refractivity contribution in [3.8, 4) is 17.6 Å². The van der Waals surface area contributed by atoms with Crippen LogP contribution in [-0.2, 0) is 6.61 Å². The van der Waals surface area contributed by atoms with Gasteiger partial charge in [-0.1, -0.05) is 29.5 Å². The molecular formula is C16H13ClO2. The van der Waals surface area contributed by atoms with E-state index in [0.717, 1.165) is 22.4 Å². The van der Waals surface area contributed by atoms with Crippen molar-refractivity contribution in [2.24, 2.45) is 0 Å². The van der Waals surface area contributed by atoms with Gasteiger partial charge in [-0.25, -0.2) is 0 Å². The molecule has 2 rings (SSSR count). The molecule has 0 heterocycles. The minimum atomic E-state index is -0.0518. The summed E-state index contributed by atoms with van der Waals surface area (Å²) < 4.78 is 5.09. The number of hydrogen-bond acceptors (Lipinski definition) is 2. The first-order valence-electron chi connectivity index (χ1n) is 5.78. The highest BCUT2D eigenvalue weighted by Gasteiger charge is 1.99. The second-order valence-corrected chi connectivity index (χ2v) is 4.37. The minimum Gasteiger partial charge on any atom is -0.497 e. The molecule has 0 saturated heterocycles. The van der Waals surface area contributed by atoms with Crippen LogP contribution in [0.4, 0.5) is 0 Å². The molecule has 0 fully saturated rings. The van der Waals surface area contributed by atoms with Gasteiger partial charge in [0.2, 0.25) is 0 Å². The lowest BCUT2D eigenvalue weighted by Crippen LogP contribution is -1.89. The topological polar surface area (TPSA) is 29.5 Å². The Morgan fingerprint density at radius 3 is 2.47 bits per heavy atom. The number of halogens is 1. The fraction of sp³-hybridized carbons (Fsp3) is 0.125. The molecule has 0 aromatic heterocycles. The lowest BCUT2D eigenvalue weighted by Gasteiger charge is -2.01. The van der Waals surface area contributed by atoms with Crippen LogP contribution in [0.5, 0.6) is 5.75 Å². The predicted molar refractivity (Wildman–Crippen MR) is 76.3 cm³/mol. The fourth-order valence-corrected chi connectivity index (χ4v) is 1.79. The SMILES string of the molecule is COc1ccc(C#Cc2cc(Cl)ccc2CO)cc1. The molecule has 2 nitrogen and oxygen atoms in total. The molecule has 96 valence electrons. The van der Waals surface area contributed by atoms with Crippen molar-refractivity contribution in [2.45, 2.75) is 6.61 Å². The maximum Gasteiger partial charge on any atom is 0.118 e. The van der Waals surface area contributed by atoms with Gasteiger partial charge in [0.05, 0.1) is 13.7 Å². The van der Waals surface area contributed by atoms with Gasteiger partial charge >= 0.3 is 0 Å². The summed E-state index contributed by atoms with van der Waals surface area (Å²) in [4.78, 5) is 0. The highest BCUT2D eigenvalue weighted by atomic mass is 35.5. The second-order valence-electron chi connectivity index (χ2n) is 3.94. The lowest BCUT2D eigenvalue weighted by molar-refractivity contribution is 0.281. The van der Waals surface area contributed by atoms with Crippen LogP contribution in [0.2, 0.25) is 5.02 Å². The number of methoxy groups -OCH3 is 1. The molecule has 3 heteroatoms. The first kappa shape index (κ1) is 13.5. The summed E-state index contributed by atoms with van der Waals surface area (Å²) in [5, 5.41) is 9.86. The van der Waals surface area contributed by atoms with Crippen LogP contribution in [0, 0.1) is 11.8 Å². The van der Waals surface area contributed by atoms with Gasteiger partial charge in [0.1, 0.15) is 5.75 Å². The van der Waals surface area contributed by atoms with E-state index in [1.54, 1.807) is 25.3 Å². The average Bonchev–Trinajstić information content (AvgIpc) is 2.46. The van der Waals surface area contributed by atoms with E-state index in [2.05, 4.69) is 11.8 Å². The number of benzene rings is 2. The molecule has 1 N–H and O–H groups in total. The number of hydrogen-bond donors (Lipinski definition) is 1. The fourth-order valence-electron chi connectivity index (χ4n) is 1.62. The van der Waals surface area contributed by atoms with Crippen molar-refractivity contribution < 1.29 is 9.84 Å². The number of rotatable bonds is 2. The molecule has 0 radical (unpaired) electrons. The van der Waals surface area contributed by atoms with Crippen molar-refractivity contribution in [2.75, 3.05) is 7.11 Å². The molecule has 0 aliphatic carbocycles. The molecule has 0 aliphatic heterocycles. The number of aliphatic hydroxyl groups is 1. The Hall–Kier alpha value is -1.95. The van der Waals surface area contributed by atoms with Crippen molar-refractivity contribution in [1.29, 1.82) is 0 Å². The van der Waals surface area contributed by atoms with Gasteiger partial charge in [-0.15, -0.1) is 0 Å². The summed E-state index contributed by atoms with van der Waals surface area (Å²) in [6, 6.07) is 12.8. The summed E-state index contributed by atoms with van der Waals surface area (Å²) in [6.45, 7) is -0.0518. The zero-order valence-electron chi connectivity index (χ0n) is 10.5. The van der Waals surface area contributed by atoms with E-state index in [0.29, 0.717) is 5.02 Å². The zero-order valence-corrected chi connectivity index (χ0v) is 11.2. The molecule has 0 unspecified atom stereocenters. The molecule has 0 bridgehead atoms. The molecule has 0 aliphatic rings. The van der Waals surface area contributed by atoms with Crippen LogP contribution in [-0.4, -0.2) is 12.2 Å². The van der Waals surface area contributed by atoms with Crippen molar-refractivity contribution in [1.82, 2.24) is 0 Å². The Morgan fingerprint density at radius 1 is 1.11 bits per heavy atom. The van der Waals surface area contributed by atoms with Gasteiger partial charge in [0, 0.05) is 16.1 Å². The number of ether oxygens (including phenoxy) is 1. The monoisotopic (exact) mass is 272 g/mol. The third-order valence-electron chi connectivity index (χ3n) is 2.67. The molecule has 2 aromatic carbocycles. The van der Waals surface area contributed by atoms with E-state index < -0.39 is 0 Å². The van der Waals surface area contributed by atoms with Gasteiger partial charge in [-0.2, -0.15) is 0 Å². The number of aliphatic hydroxyl groups excluding tert-OH is 1. The molecule has 0 atom stereocenters. The van der Waals surface area contributed by atoms with Crippen LogP contribution in [0.15, 0.2) is 42.5 Å². The van der Waals surface area contributed by atoms with E-state index >= 15 is 0 Å². The van der Waals surface area contributed by atoms with Crippen molar-refractivity contribution in [3.63, 3.8) is 0 Å². The minimum absolute atomic E-state index is 0.0518. The van der Waals surface area contributed by atoms with E-state index in [9.17, 15) is 5.11 Å². The van der Waals surface area contributed by atoms with Crippen LogP contribution in [0.3, 0.4) is 0 Å². The van der Waals surface area contributed by atoms with Gasteiger partial charge < -0.3 is 9.84 Å². The third-order valence-corrected chi connectivity index (χ3v) is 2.91. The van der Waals surface area contributed by atoms with E-state index in [1.807, 2.05) is 24.3 Å². The smallest absolute Gasteiger partial charge is 0.118 e. The summed E-state index contributed by atoms with van der Waals surface area (Å²) in [5.74, 6) is 6.86. The van der Waals surface area contributed by atoms with Crippen LogP contribution < -0.4 is 4.74 Å². The molecule has 0 spiro atoms. The van der Waals surface area contributed by atoms with Gasteiger partial charge in [-0.3, -0.25) is 0 Å². The maximum absolute atomic E-state index is 9.25. The van der Waals surface area contributed by atoms with Crippen molar-refractivity contribution >= 4 is 11.6 Å². The Bertz CT molecular complexity index is 621. The second kappa shape index (κ2) is 6.29. The lowest BCUT2D eigenvalue weighted by atomic mass is 10.1. The van der Waals surface area contributed by atoms with E-state index in [-0.39, 0.29) is 6.61 Å². The first-order valence-corrected chi connectivity index (χ1v) is 6.16. The van der Waals surface area contributed by atoms with E-state index in [4.69, 9.17) is 16.3 Å². The molecule has 19 heavy (non-hydrogen) atoms. The summed E-state index contributed by atoms with van der Waals surface area (Å²) in [6.07, 6.45) is 0. The molecule has 0 amide bonds. The van der Waals surface area contributed by atoms with Crippen LogP contribution in [0.1, 0.15) is 16.7 Å². The quantitative estimate of drug-likeness (QED) is 0.851. The average molecular weight is 273 g/mol. The molecular weight excluding hydrogens is 260 g/mol. The van der Waals surface area contributed by atoms with Crippen LogP contribution in [0.25, 0.3) is 0 Å². The Morgan fingerprint density at radius 2 is 1.84 bits per heavy atom.